The average Bonchev–Trinajstić information content (AvgIpc) is 2.45. The van der Waals surface area contributed by atoms with E-state index >= 15 is 0 Å². The molecule has 0 heterocycles. The summed E-state index contributed by atoms with van der Waals surface area (Å²) >= 11 is 0. The maximum Gasteiger partial charge on any atom is 1.00 e. The van der Waals surface area contributed by atoms with Gasteiger partial charge < -0.3 is 14.6 Å². The Morgan fingerprint density at radius 3 is 2.14 bits per heavy atom. The standard InChI is InChI=1S/C17H26O3.Na/c1-2-3-4-5-6-7-8-9-15-10-12-16(13-11-15)20-14-17(18)19;/h10-13H,2-9,14H2,1H3,(H,18,19);/q;+1/p-1. The van der Waals surface area contributed by atoms with Gasteiger partial charge in [0.15, 0.2) is 0 Å². The zero-order valence-electron chi connectivity index (χ0n) is 13.4. The number of carboxylic acid groups (broad SMARTS) is 1. The van der Waals surface area contributed by atoms with E-state index in [-0.39, 0.29) is 29.6 Å². The first-order valence-corrected chi connectivity index (χ1v) is 7.64. The Morgan fingerprint density at radius 2 is 1.57 bits per heavy atom. The van der Waals surface area contributed by atoms with E-state index in [1.807, 2.05) is 24.3 Å². The van der Waals surface area contributed by atoms with Crippen LogP contribution in [-0.2, 0) is 11.2 Å². The molecule has 0 radical (unpaired) electrons. The van der Waals surface area contributed by atoms with Crippen molar-refractivity contribution in [2.75, 3.05) is 6.61 Å². The zero-order chi connectivity index (χ0) is 14.6. The van der Waals surface area contributed by atoms with Gasteiger partial charge in [-0.05, 0) is 30.5 Å². The van der Waals surface area contributed by atoms with Crippen molar-refractivity contribution in [2.45, 2.75) is 58.3 Å². The molecule has 0 N–H and O–H groups in total. The Hall–Kier alpha value is -0.510. The molecule has 0 aliphatic carbocycles. The molecule has 1 aromatic rings. The summed E-state index contributed by atoms with van der Waals surface area (Å²) in [5.74, 6) is -0.616. The van der Waals surface area contributed by atoms with Crippen molar-refractivity contribution in [3.8, 4) is 5.75 Å². The van der Waals surface area contributed by atoms with Crippen LogP contribution < -0.4 is 39.4 Å². The van der Waals surface area contributed by atoms with Crippen molar-refractivity contribution in [3.63, 3.8) is 0 Å². The molecule has 0 aromatic heterocycles. The minimum atomic E-state index is -1.20. The number of ether oxygens (including phenoxy) is 1. The monoisotopic (exact) mass is 300 g/mol. The number of unbranched alkanes of at least 4 members (excludes halogenated alkanes) is 6. The van der Waals surface area contributed by atoms with E-state index in [0.717, 1.165) is 6.42 Å². The van der Waals surface area contributed by atoms with Gasteiger partial charge in [-0.25, -0.2) is 0 Å². The summed E-state index contributed by atoms with van der Waals surface area (Å²) < 4.78 is 5.04. The molecule has 3 nitrogen and oxygen atoms in total. The van der Waals surface area contributed by atoms with E-state index in [1.54, 1.807) is 0 Å². The Bertz CT molecular complexity index is 376. The van der Waals surface area contributed by atoms with Gasteiger partial charge in [0.2, 0.25) is 0 Å². The van der Waals surface area contributed by atoms with Gasteiger partial charge in [-0.3, -0.25) is 0 Å². The maximum atomic E-state index is 10.3. The number of carboxylic acids is 1. The van der Waals surface area contributed by atoms with Gasteiger partial charge in [0.1, 0.15) is 12.4 Å². The molecule has 0 spiro atoms. The molecule has 0 saturated carbocycles. The van der Waals surface area contributed by atoms with E-state index in [0.29, 0.717) is 5.75 Å². The molecule has 1 aromatic carbocycles. The first kappa shape index (κ1) is 20.5. The van der Waals surface area contributed by atoms with Gasteiger partial charge in [-0.1, -0.05) is 57.6 Å². The van der Waals surface area contributed by atoms with Gasteiger partial charge in [-0.2, -0.15) is 0 Å². The second kappa shape index (κ2) is 13.2. The average molecular weight is 300 g/mol. The number of hydrogen-bond donors (Lipinski definition) is 0. The first-order chi connectivity index (χ1) is 9.72. The van der Waals surface area contributed by atoms with Crippen LogP contribution >= 0.6 is 0 Å². The molecular formula is C17H25NaO3. The van der Waals surface area contributed by atoms with Gasteiger partial charge >= 0.3 is 29.6 Å². The third-order valence-corrected chi connectivity index (χ3v) is 3.35. The van der Waals surface area contributed by atoms with Crippen LogP contribution in [-0.4, -0.2) is 12.6 Å². The van der Waals surface area contributed by atoms with E-state index < -0.39 is 12.6 Å². The van der Waals surface area contributed by atoms with Crippen molar-refractivity contribution in [1.29, 1.82) is 0 Å². The minimum Gasteiger partial charge on any atom is -0.546 e. The second-order valence-corrected chi connectivity index (χ2v) is 5.18. The van der Waals surface area contributed by atoms with Crippen LogP contribution in [0.1, 0.15) is 57.4 Å². The van der Waals surface area contributed by atoms with Crippen LogP contribution in [0.5, 0.6) is 5.75 Å². The van der Waals surface area contributed by atoms with Gasteiger partial charge in [0.25, 0.3) is 0 Å². The van der Waals surface area contributed by atoms with Crippen molar-refractivity contribution in [1.82, 2.24) is 0 Å². The van der Waals surface area contributed by atoms with Crippen LogP contribution in [0.25, 0.3) is 0 Å². The van der Waals surface area contributed by atoms with E-state index in [4.69, 9.17) is 4.74 Å². The molecule has 0 atom stereocenters. The van der Waals surface area contributed by atoms with E-state index in [9.17, 15) is 9.90 Å². The number of carbonyl (C=O) groups excluding carboxylic acids is 1. The van der Waals surface area contributed by atoms with Gasteiger partial charge in [0.05, 0.1) is 5.97 Å². The predicted octanol–water partition coefficient (Wildman–Crippen LogP) is 0.112. The molecule has 0 bridgehead atoms. The maximum absolute atomic E-state index is 10.3. The largest absolute Gasteiger partial charge is 1.00 e. The summed E-state index contributed by atoms with van der Waals surface area (Å²) in [5, 5.41) is 10.3. The third kappa shape index (κ3) is 10.8. The molecule has 112 valence electrons. The number of aliphatic carboxylic acids is 1. The number of carbonyl (C=O) groups is 1. The zero-order valence-corrected chi connectivity index (χ0v) is 15.4. The summed E-state index contributed by atoms with van der Waals surface area (Å²) in [4.78, 5) is 10.3. The molecule has 0 saturated heterocycles. The number of rotatable bonds is 11. The van der Waals surface area contributed by atoms with Crippen LogP contribution in [0, 0.1) is 0 Å². The number of benzene rings is 1. The molecule has 0 aliphatic heterocycles. The van der Waals surface area contributed by atoms with Crippen LogP contribution in [0.15, 0.2) is 24.3 Å². The van der Waals surface area contributed by atoms with E-state index in [2.05, 4.69) is 6.92 Å². The van der Waals surface area contributed by atoms with Crippen LogP contribution in [0.2, 0.25) is 0 Å². The van der Waals surface area contributed by atoms with Crippen molar-refractivity contribution < 1.29 is 44.2 Å². The molecule has 0 amide bonds. The fraction of sp³-hybridized carbons (Fsp3) is 0.588. The van der Waals surface area contributed by atoms with Crippen molar-refractivity contribution in [2.24, 2.45) is 0 Å². The third-order valence-electron chi connectivity index (χ3n) is 3.35. The minimum absolute atomic E-state index is 0. The summed E-state index contributed by atoms with van der Waals surface area (Å²) in [5.41, 5.74) is 1.28. The topological polar surface area (TPSA) is 49.4 Å². The SMILES string of the molecule is CCCCCCCCCc1ccc(OCC(=O)[O-])cc1.[Na+]. The number of hydrogen-bond acceptors (Lipinski definition) is 3. The summed E-state index contributed by atoms with van der Waals surface area (Å²) in [6, 6.07) is 7.64. The Morgan fingerprint density at radius 1 is 1.00 bits per heavy atom. The summed E-state index contributed by atoms with van der Waals surface area (Å²) in [6.07, 6.45) is 10.3. The van der Waals surface area contributed by atoms with Gasteiger partial charge in [-0.15, -0.1) is 0 Å². The predicted molar refractivity (Wildman–Crippen MR) is 78.6 cm³/mol. The summed E-state index contributed by atoms with van der Waals surface area (Å²) in [7, 11) is 0. The smallest absolute Gasteiger partial charge is 0.546 e. The molecule has 1 rings (SSSR count). The van der Waals surface area contributed by atoms with Crippen LogP contribution in [0.3, 0.4) is 0 Å². The van der Waals surface area contributed by atoms with E-state index in [1.165, 1.54) is 50.5 Å². The molecule has 0 aliphatic rings. The molecule has 0 unspecified atom stereocenters. The quantitative estimate of drug-likeness (QED) is 0.431. The Balaban J connectivity index is 0.00000400. The molecule has 21 heavy (non-hydrogen) atoms. The van der Waals surface area contributed by atoms with Crippen molar-refractivity contribution >= 4 is 5.97 Å². The second-order valence-electron chi connectivity index (χ2n) is 5.18. The fourth-order valence-electron chi connectivity index (χ4n) is 2.18. The molecule has 4 heteroatoms. The Kier molecular flexibility index (Phi) is 12.9. The van der Waals surface area contributed by atoms with Gasteiger partial charge in [0, 0.05) is 0 Å². The normalized spacial score (nSPS) is 9.95. The first-order valence-electron chi connectivity index (χ1n) is 7.64. The van der Waals surface area contributed by atoms with Crippen molar-refractivity contribution in [3.05, 3.63) is 29.8 Å². The molecular weight excluding hydrogens is 275 g/mol. The fourth-order valence-corrected chi connectivity index (χ4v) is 2.18. The Labute approximate surface area is 150 Å². The number of aryl methyl sites for hydroxylation is 1. The molecule has 0 fully saturated rings. The summed E-state index contributed by atoms with van der Waals surface area (Å²) in [6.45, 7) is 1.84. The van der Waals surface area contributed by atoms with Crippen LogP contribution in [0.4, 0.5) is 0 Å².